The molecule has 0 unspecified atom stereocenters. The highest BCUT2D eigenvalue weighted by atomic mass is 32.4. The Kier molecular flexibility index (Phi) is 9.56. The summed E-state index contributed by atoms with van der Waals surface area (Å²) in [6, 6.07) is 21.9. The molecular formula is C38H48N3OPS. The van der Waals surface area contributed by atoms with Gasteiger partial charge in [-0.05, 0) is 98.6 Å². The zero-order chi connectivity index (χ0) is 29.8. The van der Waals surface area contributed by atoms with Crippen LogP contribution < -0.4 is 0 Å². The SMILES string of the molecule is S=P(C1=C(N2CCCCC2)/C(=C/c2ccccc2)CC1)(C1=C(N2CCCCC2)/C(=C/c2ccccc2)CC1)N1CCOCC1. The van der Waals surface area contributed by atoms with Crippen LogP contribution in [0.2, 0.25) is 0 Å². The van der Waals surface area contributed by atoms with Crippen LogP contribution in [0.4, 0.5) is 0 Å². The van der Waals surface area contributed by atoms with Gasteiger partial charge in [-0.15, -0.1) is 0 Å². The molecule has 6 heteroatoms. The third-order valence-electron chi connectivity index (χ3n) is 10.2. The lowest BCUT2D eigenvalue weighted by Gasteiger charge is -2.43. The molecule has 0 saturated carbocycles. The first kappa shape index (κ1) is 30.2. The minimum absolute atomic E-state index is 0.788. The molecule has 0 amide bonds. The van der Waals surface area contributed by atoms with E-state index in [2.05, 4.69) is 87.3 Å². The minimum atomic E-state index is -2.24. The van der Waals surface area contributed by atoms with Gasteiger partial charge >= 0.3 is 0 Å². The van der Waals surface area contributed by atoms with E-state index in [1.54, 1.807) is 10.6 Å². The maximum atomic E-state index is 7.33. The van der Waals surface area contributed by atoms with E-state index in [0.717, 1.165) is 78.2 Å². The molecule has 0 radical (unpaired) electrons. The zero-order valence-corrected chi connectivity index (χ0v) is 28.0. The number of ether oxygens (including phenoxy) is 1. The molecule has 0 spiro atoms. The van der Waals surface area contributed by atoms with Crippen LogP contribution in [0.3, 0.4) is 0 Å². The molecule has 0 bridgehead atoms. The van der Waals surface area contributed by atoms with Crippen LogP contribution in [-0.4, -0.2) is 67.0 Å². The van der Waals surface area contributed by atoms with Crippen molar-refractivity contribution in [3.63, 3.8) is 0 Å². The number of piperidine rings is 2. The number of rotatable bonds is 7. The molecular weight excluding hydrogens is 577 g/mol. The first-order valence-corrected chi connectivity index (χ1v) is 19.9. The van der Waals surface area contributed by atoms with E-state index in [1.807, 2.05) is 0 Å². The van der Waals surface area contributed by atoms with Crippen LogP contribution in [0.1, 0.15) is 75.3 Å². The number of hydrogen-bond donors (Lipinski definition) is 0. The Morgan fingerprint density at radius 1 is 0.545 bits per heavy atom. The van der Waals surface area contributed by atoms with Crippen molar-refractivity contribution in [2.45, 2.75) is 64.2 Å². The van der Waals surface area contributed by atoms with E-state index in [1.165, 1.54) is 72.2 Å². The van der Waals surface area contributed by atoms with Crippen LogP contribution in [0.15, 0.2) is 93.8 Å². The van der Waals surface area contributed by atoms with Crippen molar-refractivity contribution < 1.29 is 4.74 Å². The van der Waals surface area contributed by atoms with E-state index < -0.39 is 6.19 Å². The van der Waals surface area contributed by atoms with Crippen LogP contribution in [0.25, 0.3) is 12.2 Å². The Labute approximate surface area is 270 Å². The average molecular weight is 626 g/mol. The lowest BCUT2D eigenvalue weighted by molar-refractivity contribution is 0.0750. The highest BCUT2D eigenvalue weighted by molar-refractivity contribution is 8.17. The van der Waals surface area contributed by atoms with Gasteiger partial charge in [-0.1, -0.05) is 72.5 Å². The summed E-state index contributed by atoms with van der Waals surface area (Å²) in [7, 11) is 0. The quantitative estimate of drug-likeness (QED) is 0.286. The molecule has 7 rings (SSSR count). The van der Waals surface area contributed by atoms with Gasteiger partial charge in [0.2, 0.25) is 0 Å². The first-order chi connectivity index (χ1) is 21.7. The molecule has 3 heterocycles. The van der Waals surface area contributed by atoms with Crippen molar-refractivity contribution in [3.05, 3.63) is 105 Å². The van der Waals surface area contributed by atoms with Crippen LogP contribution >= 0.6 is 6.19 Å². The van der Waals surface area contributed by atoms with E-state index in [9.17, 15) is 0 Å². The molecule has 0 N–H and O–H groups in total. The Hall–Kier alpha value is -2.43. The van der Waals surface area contributed by atoms with E-state index >= 15 is 0 Å². The molecule has 232 valence electrons. The molecule has 3 aliphatic heterocycles. The Balaban J connectivity index is 1.43. The molecule has 0 aromatic heterocycles. The summed E-state index contributed by atoms with van der Waals surface area (Å²) in [5.74, 6) is 0. The average Bonchev–Trinajstić information content (AvgIpc) is 3.71. The monoisotopic (exact) mass is 625 g/mol. The Morgan fingerprint density at radius 2 is 0.977 bits per heavy atom. The molecule has 3 fully saturated rings. The van der Waals surface area contributed by atoms with Crippen molar-refractivity contribution >= 4 is 30.1 Å². The second-order valence-corrected chi connectivity index (χ2v) is 17.4. The number of nitrogens with zero attached hydrogens (tertiary/aromatic N) is 3. The topological polar surface area (TPSA) is 19.0 Å². The highest BCUT2D eigenvalue weighted by Gasteiger charge is 2.44. The summed E-state index contributed by atoms with van der Waals surface area (Å²) in [6.45, 7) is 8.08. The number of benzene rings is 2. The number of hydrogen-bond acceptors (Lipinski definition) is 4. The van der Waals surface area contributed by atoms with E-state index in [-0.39, 0.29) is 0 Å². The molecule has 2 aromatic carbocycles. The molecule has 2 aliphatic carbocycles. The van der Waals surface area contributed by atoms with Gasteiger partial charge in [-0.3, -0.25) is 4.67 Å². The fourth-order valence-electron chi connectivity index (χ4n) is 8.07. The summed E-state index contributed by atoms with van der Waals surface area (Å²) < 4.78 is 8.71. The van der Waals surface area contributed by atoms with Crippen LogP contribution in [0.5, 0.6) is 0 Å². The Morgan fingerprint density at radius 3 is 1.41 bits per heavy atom. The maximum absolute atomic E-state index is 7.33. The molecule has 5 aliphatic rings. The van der Waals surface area contributed by atoms with Crippen molar-refractivity contribution in [2.24, 2.45) is 0 Å². The molecule has 2 aromatic rings. The van der Waals surface area contributed by atoms with Gasteiger partial charge < -0.3 is 14.5 Å². The van der Waals surface area contributed by atoms with Gasteiger partial charge in [0.15, 0.2) is 0 Å². The largest absolute Gasteiger partial charge is 0.379 e. The molecule has 4 nitrogen and oxygen atoms in total. The summed E-state index contributed by atoms with van der Waals surface area (Å²) in [4.78, 5) is 5.50. The molecule has 3 saturated heterocycles. The van der Waals surface area contributed by atoms with Gasteiger partial charge in [0, 0.05) is 61.3 Å². The van der Waals surface area contributed by atoms with Crippen molar-refractivity contribution in [3.8, 4) is 0 Å². The number of morpholine rings is 1. The van der Waals surface area contributed by atoms with Gasteiger partial charge in [0.25, 0.3) is 0 Å². The van der Waals surface area contributed by atoms with Gasteiger partial charge in [0.1, 0.15) is 0 Å². The van der Waals surface area contributed by atoms with Gasteiger partial charge in [-0.25, -0.2) is 0 Å². The Bertz CT molecular complexity index is 1370. The second-order valence-electron chi connectivity index (χ2n) is 13.0. The molecule has 0 atom stereocenters. The maximum Gasteiger partial charge on any atom is 0.0674 e. The zero-order valence-electron chi connectivity index (χ0n) is 26.3. The van der Waals surface area contributed by atoms with Crippen LogP contribution in [0, 0.1) is 0 Å². The van der Waals surface area contributed by atoms with Crippen molar-refractivity contribution in [1.82, 2.24) is 14.5 Å². The van der Waals surface area contributed by atoms with Gasteiger partial charge in [0.05, 0.1) is 19.4 Å². The van der Waals surface area contributed by atoms with Gasteiger partial charge in [-0.2, -0.15) is 0 Å². The van der Waals surface area contributed by atoms with E-state index in [4.69, 9.17) is 16.5 Å². The predicted octanol–water partition coefficient (Wildman–Crippen LogP) is 8.86. The number of allylic oxidation sites excluding steroid dienone is 4. The second kappa shape index (κ2) is 13.9. The summed E-state index contributed by atoms with van der Waals surface area (Å²) in [6.07, 6.45) is 14.9. The van der Waals surface area contributed by atoms with E-state index in [0.29, 0.717) is 0 Å². The summed E-state index contributed by atoms with van der Waals surface area (Å²) in [5.41, 5.74) is 8.67. The summed E-state index contributed by atoms with van der Waals surface area (Å²) >= 11 is 7.33. The third-order valence-corrected chi connectivity index (χ3v) is 15.7. The fourth-order valence-corrected chi connectivity index (χ4v) is 13.3. The minimum Gasteiger partial charge on any atom is -0.379 e. The third kappa shape index (κ3) is 6.18. The number of likely N-dealkylation sites (tertiary alicyclic amines) is 2. The predicted molar refractivity (Wildman–Crippen MR) is 189 cm³/mol. The normalized spacial score (nSPS) is 24.3. The molecule has 44 heavy (non-hydrogen) atoms. The lowest BCUT2D eigenvalue weighted by Crippen LogP contribution is -2.36. The smallest absolute Gasteiger partial charge is 0.0674 e. The van der Waals surface area contributed by atoms with Crippen LogP contribution in [-0.2, 0) is 16.5 Å². The van der Waals surface area contributed by atoms with Crippen molar-refractivity contribution in [2.75, 3.05) is 52.5 Å². The summed E-state index contributed by atoms with van der Waals surface area (Å²) in [5, 5.41) is 3.20. The highest BCUT2D eigenvalue weighted by Crippen LogP contribution is 2.72. The standard InChI is InChI=1S/C38H48N3OPS/c44-43(41-25-27-42-28-26-41,35-19-17-33(29-31-13-5-1-6-14-31)37(35)39-21-9-3-10-22-39)36-20-18-34(30-32-15-7-2-8-16-32)38(36)40-23-11-4-12-24-40/h1-2,5-8,13-16,29-30H,3-4,9-12,17-28H2/b33-29+,34-30+. The fraction of sp³-hybridized carbons (Fsp3) is 0.474. The first-order valence-electron chi connectivity index (χ1n) is 17.1. The van der Waals surface area contributed by atoms with Crippen molar-refractivity contribution in [1.29, 1.82) is 0 Å². The lowest BCUT2D eigenvalue weighted by atomic mass is 10.1.